The van der Waals surface area contributed by atoms with E-state index >= 15 is 0 Å². The topological polar surface area (TPSA) is 37.8 Å². The predicted octanol–water partition coefficient (Wildman–Crippen LogP) is 2.92. The van der Waals surface area contributed by atoms with Crippen molar-refractivity contribution >= 4 is 0 Å². The third-order valence-corrected chi connectivity index (χ3v) is 3.84. The Bertz CT molecular complexity index is 401. The molecule has 0 aromatic carbocycles. The molecule has 1 aliphatic rings. The summed E-state index contributed by atoms with van der Waals surface area (Å²) in [6.45, 7) is 7.92. The number of aromatic nitrogens is 2. The molecule has 2 rings (SSSR count). The Hall–Kier alpha value is -0.960. The molecule has 1 unspecified atom stereocenters. The van der Waals surface area contributed by atoms with Crippen LogP contribution in [0.4, 0.5) is 0 Å². The van der Waals surface area contributed by atoms with Gasteiger partial charge in [-0.1, -0.05) is 20.8 Å². The van der Waals surface area contributed by atoms with E-state index in [9.17, 15) is 0 Å². The summed E-state index contributed by atoms with van der Waals surface area (Å²) < 4.78 is 0. The number of nitrogens with zero attached hydrogens (tertiary/aromatic N) is 2. The summed E-state index contributed by atoms with van der Waals surface area (Å²) in [4.78, 5) is 8.97. The fourth-order valence-corrected chi connectivity index (χ4v) is 2.99. The molecule has 1 N–H and O–H groups in total. The Morgan fingerprint density at radius 3 is 2.84 bits per heavy atom. The lowest BCUT2D eigenvalue weighted by molar-refractivity contribution is 0.413. The second-order valence-corrected chi connectivity index (χ2v) is 6.08. The quantitative estimate of drug-likeness (QED) is 0.820. The smallest absolute Gasteiger partial charge is 0.115 e. The zero-order valence-corrected chi connectivity index (χ0v) is 12.6. The zero-order valence-electron chi connectivity index (χ0n) is 12.6. The molecular formula is C16H27N3. The molecule has 1 heterocycles. The first kappa shape index (κ1) is 14.4. The standard InChI is InChI=1S/C16H27N3/c1-4-8-17-13(9-12(2)3)10-16-14-6-5-7-15(14)18-11-19-16/h11-13,17H,4-10H2,1-3H3. The van der Waals surface area contributed by atoms with E-state index < -0.39 is 0 Å². The zero-order chi connectivity index (χ0) is 13.7. The summed E-state index contributed by atoms with van der Waals surface area (Å²) in [5.41, 5.74) is 4.02. The minimum Gasteiger partial charge on any atom is -0.314 e. The molecular weight excluding hydrogens is 234 g/mol. The van der Waals surface area contributed by atoms with Gasteiger partial charge in [-0.2, -0.15) is 0 Å². The molecule has 0 saturated carbocycles. The first-order valence-corrected chi connectivity index (χ1v) is 7.75. The molecule has 0 bridgehead atoms. The highest BCUT2D eigenvalue weighted by atomic mass is 14.9. The maximum atomic E-state index is 4.55. The Morgan fingerprint density at radius 2 is 2.11 bits per heavy atom. The van der Waals surface area contributed by atoms with Crippen molar-refractivity contribution in [3.05, 3.63) is 23.3 Å². The van der Waals surface area contributed by atoms with Gasteiger partial charge in [0, 0.05) is 23.9 Å². The van der Waals surface area contributed by atoms with E-state index in [1.54, 1.807) is 6.33 Å². The lowest BCUT2D eigenvalue weighted by atomic mass is 9.97. The van der Waals surface area contributed by atoms with Crippen LogP contribution < -0.4 is 5.32 Å². The van der Waals surface area contributed by atoms with Crippen LogP contribution >= 0.6 is 0 Å². The fourth-order valence-electron chi connectivity index (χ4n) is 2.99. The van der Waals surface area contributed by atoms with Crippen LogP contribution in [0.25, 0.3) is 0 Å². The highest BCUT2D eigenvalue weighted by molar-refractivity contribution is 5.29. The summed E-state index contributed by atoms with van der Waals surface area (Å²) in [6.07, 6.45) is 8.79. The van der Waals surface area contributed by atoms with Crippen molar-refractivity contribution in [2.24, 2.45) is 5.92 Å². The first-order valence-electron chi connectivity index (χ1n) is 7.75. The predicted molar refractivity (Wildman–Crippen MR) is 79.3 cm³/mol. The van der Waals surface area contributed by atoms with Gasteiger partial charge in [-0.05, 0) is 50.1 Å². The van der Waals surface area contributed by atoms with Gasteiger partial charge in [-0.3, -0.25) is 0 Å². The second kappa shape index (κ2) is 6.99. The van der Waals surface area contributed by atoms with E-state index in [1.165, 1.54) is 42.6 Å². The van der Waals surface area contributed by atoms with Crippen molar-refractivity contribution < 1.29 is 0 Å². The maximum Gasteiger partial charge on any atom is 0.115 e. The van der Waals surface area contributed by atoms with Crippen LogP contribution in [0.1, 0.15) is 57.0 Å². The van der Waals surface area contributed by atoms with Gasteiger partial charge in [-0.15, -0.1) is 0 Å². The average molecular weight is 261 g/mol. The SMILES string of the molecule is CCCNC(Cc1ncnc2c1CCC2)CC(C)C. The van der Waals surface area contributed by atoms with Gasteiger partial charge in [-0.25, -0.2) is 9.97 Å². The van der Waals surface area contributed by atoms with E-state index in [0.29, 0.717) is 6.04 Å². The molecule has 1 atom stereocenters. The normalized spacial score (nSPS) is 15.8. The number of aryl methyl sites for hydroxylation is 1. The Morgan fingerprint density at radius 1 is 1.26 bits per heavy atom. The largest absolute Gasteiger partial charge is 0.314 e. The molecule has 19 heavy (non-hydrogen) atoms. The molecule has 0 amide bonds. The van der Waals surface area contributed by atoms with Gasteiger partial charge in [0.2, 0.25) is 0 Å². The Labute approximate surface area is 117 Å². The van der Waals surface area contributed by atoms with Crippen molar-refractivity contribution in [2.45, 2.75) is 65.3 Å². The lowest BCUT2D eigenvalue weighted by Crippen LogP contribution is -2.33. The van der Waals surface area contributed by atoms with E-state index in [4.69, 9.17) is 0 Å². The third-order valence-electron chi connectivity index (χ3n) is 3.84. The highest BCUT2D eigenvalue weighted by Crippen LogP contribution is 2.23. The Balaban J connectivity index is 2.05. The molecule has 3 nitrogen and oxygen atoms in total. The fraction of sp³-hybridized carbons (Fsp3) is 0.750. The molecule has 0 saturated heterocycles. The van der Waals surface area contributed by atoms with Gasteiger partial charge in [0.1, 0.15) is 6.33 Å². The highest BCUT2D eigenvalue weighted by Gasteiger charge is 2.20. The van der Waals surface area contributed by atoms with E-state index in [2.05, 4.69) is 36.1 Å². The van der Waals surface area contributed by atoms with Crippen molar-refractivity contribution in [3.8, 4) is 0 Å². The number of hydrogen-bond acceptors (Lipinski definition) is 3. The van der Waals surface area contributed by atoms with E-state index in [0.717, 1.165) is 25.3 Å². The van der Waals surface area contributed by atoms with Crippen molar-refractivity contribution in [3.63, 3.8) is 0 Å². The minimum atomic E-state index is 0.555. The lowest BCUT2D eigenvalue weighted by Gasteiger charge is -2.21. The first-order chi connectivity index (χ1) is 9.20. The molecule has 1 aromatic rings. The number of hydrogen-bond donors (Lipinski definition) is 1. The van der Waals surface area contributed by atoms with Crippen LogP contribution in [-0.2, 0) is 19.3 Å². The Kier molecular flexibility index (Phi) is 5.32. The minimum absolute atomic E-state index is 0.555. The number of fused-ring (bicyclic) bond motifs is 1. The molecule has 0 fully saturated rings. The van der Waals surface area contributed by atoms with E-state index in [-0.39, 0.29) is 0 Å². The van der Waals surface area contributed by atoms with Crippen LogP contribution in [0.5, 0.6) is 0 Å². The molecule has 0 radical (unpaired) electrons. The molecule has 3 heteroatoms. The third kappa shape index (κ3) is 4.00. The van der Waals surface area contributed by atoms with Crippen LogP contribution in [-0.4, -0.2) is 22.6 Å². The average Bonchev–Trinajstić information content (AvgIpc) is 2.84. The van der Waals surface area contributed by atoms with E-state index in [1.807, 2.05) is 0 Å². The summed E-state index contributed by atoms with van der Waals surface area (Å²) in [6, 6.07) is 0.555. The summed E-state index contributed by atoms with van der Waals surface area (Å²) in [7, 11) is 0. The molecule has 106 valence electrons. The monoisotopic (exact) mass is 261 g/mol. The van der Waals surface area contributed by atoms with Crippen LogP contribution in [0.2, 0.25) is 0 Å². The van der Waals surface area contributed by atoms with Crippen molar-refractivity contribution in [1.82, 2.24) is 15.3 Å². The number of rotatable bonds is 7. The molecule has 1 aromatic heterocycles. The van der Waals surface area contributed by atoms with Crippen molar-refractivity contribution in [1.29, 1.82) is 0 Å². The van der Waals surface area contributed by atoms with Gasteiger partial charge in [0.15, 0.2) is 0 Å². The number of nitrogens with one attached hydrogen (secondary N) is 1. The summed E-state index contributed by atoms with van der Waals surface area (Å²) >= 11 is 0. The van der Waals surface area contributed by atoms with Crippen molar-refractivity contribution in [2.75, 3.05) is 6.54 Å². The van der Waals surface area contributed by atoms with Crippen LogP contribution in [0.15, 0.2) is 6.33 Å². The summed E-state index contributed by atoms with van der Waals surface area (Å²) in [5.74, 6) is 0.726. The second-order valence-electron chi connectivity index (χ2n) is 6.08. The molecule has 1 aliphatic carbocycles. The van der Waals surface area contributed by atoms with Gasteiger partial charge < -0.3 is 5.32 Å². The van der Waals surface area contributed by atoms with Crippen LogP contribution in [0, 0.1) is 5.92 Å². The van der Waals surface area contributed by atoms with Gasteiger partial charge in [0.25, 0.3) is 0 Å². The van der Waals surface area contributed by atoms with Crippen LogP contribution in [0.3, 0.4) is 0 Å². The molecule has 0 spiro atoms. The van der Waals surface area contributed by atoms with Gasteiger partial charge in [0.05, 0.1) is 0 Å². The maximum absolute atomic E-state index is 4.55. The molecule has 0 aliphatic heterocycles. The summed E-state index contributed by atoms with van der Waals surface area (Å²) in [5, 5.41) is 3.68. The van der Waals surface area contributed by atoms with Gasteiger partial charge >= 0.3 is 0 Å².